The van der Waals surface area contributed by atoms with E-state index in [9.17, 15) is 4.39 Å². The normalized spacial score (nSPS) is 13.6. The van der Waals surface area contributed by atoms with Gasteiger partial charge in [-0.1, -0.05) is 38.1 Å². The van der Waals surface area contributed by atoms with Gasteiger partial charge in [-0.2, -0.15) is 0 Å². The molecule has 26 heavy (non-hydrogen) atoms. The summed E-state index contributed by atoms with van der Waals surface area (Å²) in [7, 11) is 0. The first-order valence-corrected chi connectivity index (χ1v) is 8.87. The van der Waals surface area contributed by atoms with Gasteiger partial charge in [0.2, 0.25) is 0 Å². The van der Waals surface area contributed by atoms with E-state index in [1.165, 1.54) is 6.07 Å². The van der Waals surface area contributed by atoms with Crippen molar-refractivity contribution in [2.24, 2.45) is 4.99 Å². The highest BCUT2D eigenvalue weighted by Gasteiger charge is 2.12. The van der Waals surface area contributed by atoms with Crippen molar-refractivity contribution in [1.82, 2.24) is 9.97 Å². The quantitative estimate of drug-likeness (QED) is 0.468. The van der Waals surface area contributed by atoms with Crippen LogP contribution in [0.1, 0.15) is 56.5 Å². The highest BCUT2D eigenvalue weighted by atomic mass is 19.1. The molecule has 0 radical (unpaired) electrons. The van der Waals surface area contributed by atoms with Crippen LogP contribution in [0, 0.1) is 12.7 Å². The molecular formula is C22H26FN3. The van der Waals surface area contributed by atoms with Crippen LogP contribution in [0.15, 0.2) is 65.6 Å². The summed E-state index contributed by atoms with van der Waals surface area (Å²) in [5, 5.41) is 0. The molecule has 0 amide bonds. The van der Waals surface area contributed by atoms with Gasteiger partial charge in [-0.25, -0.2) is 14.4 Å². The Bertz CT molecular complexity index is 823. The molecule has 3 nitrogen and oxygen atoms in total. The van der Waals surface area contributed by atoms with Gasteiger partial charge in [0.15, 0.2) is 5.82 Å². The molecule has 0 saturated carbocycles. The van der Waals surface area contributed by atoms with Crippen LogP contribution < -0.4 is 0 Å². The summed E-state index contributed by atoms with van der Waals surface area (Å²) in [6.45, 7) is 12.1. The zero-order valence-corrected chi connectivity index (χ0v) is 16.0. The predicted molar refractivity (Wildman–Crippen MR) is 106 cm³/mol. The minimum absolute atomic E-state index is 0.169. The zero-order chi connectivity index (χ0) is 19.1. The number of rotatable bonds is 7. The Morgan fingerprint density at radius 2 is 2.00 bits per heavy atom. The molecule has 1 aromatic carbocycles. The average Bonchev–Trinajstić information content (AvgIpc) is 2.66. The van der Waals surface area contributed by atoms with Crippen LogP contribution in [0.2, 0.25) is 0 Å². The number of aliphatic imine (C=N–C) groups is 1. The third kappa shape index (κ3) is 5.19. The Balaban J connectivity index is 2.24. The number of benzene rings is 1. The second-order valence-corrected chi connectivity index (χ2v) is 6.51. The fourth-order valence-electron chi connectivity index (χ4n) is 2.66. The molecule has 1 unspecified atom stereocenters. The monoisotopic (exact) mass is 351 g/mol. The second-order valence-electron chi connectivity index (χ2n) is 6.51. The van der Waals surface area contributed by atoms with Crippen molar-refractivity contribution in [3.63, 3.8) is 0 Å². The average molecular weight is 351 g/mol. The molecule has 1 heterocycles. The lowest BCUT2D eigenvalue weighted by Crippen LogP contribution is -2.02. The number of allylic oxidation sites excluding steroid dienone is 2. The van der Waals surface area contributed by atoms with Crippen LogP contribution in [-0.2, 0) is 0 Å². The predicted octanol–water partition coefficient (Wildman–Crippen LogP) is 5.78. The summed E-state index contributed by atoms with van der Waals surface area (Å²) in [6, 6.07) is 7.09. The van der Waals surface area contributed by atoms with E-state index in [1.54, 1.807) is 25.4 Å². The smallest absolute Gasteiger partial charge is 0.173 e. The minimum Gasteiger partial charge on any atom is -0.257 e. The molecular weight excluding hydrogens is 325 g/mol. The van der Waals surface area contributed by atoms with E-state index in [2.05, 4.69) is 35.4 Å². The molecule has 0 fully saturated rings. The van der Waals surface area contributed by atoms with Gasteiger partial charge in [0.25, 0.3) is 0 Å². The van der Waals surface area contributed by atoms with Crippen molar-refractivity contribution >= 4 is 5.71 Å². The maximum absolute atomic E-state index is 13.5. The van der Waals surface area contributed by atoms with Gasteiger partial charge in [0, 0.05) is 18.6 Å². The highest BCUT2D eigenvalue weighted by molar-refractivity contribution is 5.95. The zero-order valence-electron chi connectivity index (χ0n) is 16.0. The van der Waals surface area contributed by atoms with E-state index in [0.717, 1.165) is 35.3 Å². The molecule has 2 aromatic rings. The van der Waals surface area contributed by atoms with Crippen LogP contribution in [0.3, 0.4) is 0 Å². The van der Waals surface area contributed by atoms with E-state index >= 15 is 0 Å². The Morgan fingerprint density at radius 1 is 1.31 bits per heavy atom. The third-order valence-electron chi connectivity index (χ3n) is 4.46. The molecule has 0 saturated heterocycles. The largest absolute Gasteiger partial charge is 0.257 e. The third-order valence-corrected chi connectivity index (χ3v) is 4.46. The van der Waals surface area contributed by atoms with Gasteiger partial charge < -0.3 is 0 Å². The topological polar surface area (TPSA) is 38.1 Å². The van der Waals surface area contributed by atoms with Crippen molar-refractivity contribution in [3.8, 4) is 0 Å². The maximum atomic E-state index is 13.5. The maximum Gasteiger partial charge on any atom is 0.173 e. The van der Waals surface area contributed by atoms with E-state index in [1.807, 2.05) is 25.3 Å². The number of aromatic nitrogens is 2. The number of hydrogen-bond acceptors (Lipinski definition) is 3. The van der Waals surface area contributed by atoms with Crippen molar-refractivity contribution in [3.05, 3.63) is 83.4 Å². The number of hydrogen-bond donors (Lipinski definition) is 0. The van der Waals surface area contributed by atoms with Crippen LogP contribution in [-0.4, -0.2) is 15.7 Å². The fourth-order valence-corrected chi connectivity index (χ4v) is 2.66. The molecule has 0 aliphatic rings. The summed E-state index contributed by atoms with van der Waals surface area (Å²) in [5.74, 6) is 0.692. The number of aryl methyl sites for hydroxylation is 1. The molecule has 0 aliphatic carbocycles. The molecule has 136 valence electrons. The van der Waals surface area contributed by atoms with Gasteiger partial charge in [0.1, 0.15) is 5.82 Å². The molecule has 4 heteroatoms. The Hall–Kier alpha value is -2.62. The molecule has 1 atom stereocenters. The van der Waals surface area contributed by atoms with Crippen LogP contribution in [0.5, 0.6) is 0 Å². The first-order chi connectivity index (χ1) is 12.4. The summed E-state index contributed by atoms with van der Waals surface area (Å²) in [4.78, 5) is 13.0. The summed E-state index contributed by atoms with van der Waals surface area (Å²) < 4.78 is 13.5. The molecule has 1 aromatic heterocycles. The Kier molecular flexibility index (Phi) is 6.96. The summed E-state index contributed by atoms with van der Waals surface area (Å²) in [6.07, 6.45) is 6.93. The van der Waals surface area contributed by atoms with Crippen molar-refractivity contribution < 1.29 is 4.39 Å². The molecule has 0 spiro atoms. The minimum atomic E-state index is -0.169. The summed E-state index contributed by atoms with van der Waals surface area (Å²) >= 11 is 0. The summed E-state index contributed by atoms with van der Waals surface area (Å²) in [5.41, 5.74) is 4.70. The van der Waals surface area contributed by atoms with E-state index in [0.29, 0.717) is 11.4 Å². The van der Waals surface area contributed by atoms with E-state index < -0.39 is 0 Å². The standard InChI is InChI=1S/C22H26FN3/c1-6-15(2)20(14-26-18(5)22-24-10-7-11-25-22)12-16(3)19-8-9-21(23)17(4)13-19/h7-11,13-14,16H,2,6,12H2,1,3-5H3/b20-14-,26-18+. The fraction of sp³-hybridized carbons (Fsp3) is 0.318. The lowest BCUT2D eigenvalue weighted by Gasteiger charge is -2.16. The molecule has 0 N–H and O–H groups in total. The van der Waals surface area contributed by atoms with Crippen LogP contribution in [0.25, 0.3) is 0 Å². The number of halogens is 1. The molecule has 0 bridgehead atoms. The Morgan fingerprint density at radius 3 is 2.62 bits per heavy atom. The van der Waals surface area contributed by atoms with E-state index in [-0.39, 0.29) is 11.7 Å². The van der Waals surface area contributed by atoms with Crippen molar-refractivity contribution in [2.75, 3.05) is 0 Å². The lowest BCUT2D eigenvalue weighted by atomic mass is 9.89. The number of nitrogens with zero attached hydrogens (tertiary/aromatic N) is 3. The van der Waals surface area contributed by atoms with Gasteiger partial charge in [0.05, 0.1) is 5.71 Å². The molecule has 2 rings (SSSR count). The van der Waals surface area contributed by atoms with Gasteiger partial charge >= 0.3 is 0 Å². The van der Waals surface area contributed by atoms with Gasteiger partial charge in [-0.3, -0.25) is 4.99 Å². The Labute approximate surface area is 155 Å². The van der Waals surface area contributed by atoms with Crippen molar-refractivity contribution in [1.29, 1.82) is 0 Å². The van der Waals surface area contributed by atoms with Gasteiger partial charge in [-0.15, -0.1) is 0 Å². The van der Waals surface area contributed by atoms with Gasteiger partial charge in [-0.05, 0) is 61.4 Å². The SMILES string of the molecule is C=C(CC)/C(=C\N=C(/C)c1ncccn1)CC(C)c1ccc(F)c(C)c1. The van der Waals surface area contributed by atoms with E-state index in [4.69, 9.17) is 0 Å². The molecule has 0 aliphatic heterocycles. The first kappa shape index (κ1) is 19.7. The van der Waals surface area contributed by atoms with Crippen molar-refractivity contribution in [2.45, 2.75) is 46.5 Å². The lowest BCUT2D eigenvalue weighted by molar-refractivity contribution is 0.615. The highest BCUT2D eigenvalue weighted by Crippen LogP contribution is 2.28. The van der Waals surface area contributed by atoms with Crippen LogP contribution >= 0.6 is 0 Å². The second kappa shape index (κ2) is 9.18. The first-order valence-electron chi connectivity index (χ1n) is 8.87. The van der Waals surface area contributed by atoms with Crippen LogP contribution in [0.4, 0.5) is 4.39 Å².